The highest BCUT2D eigenvalue weighted by Gasteiger charge is 1.88. The van der Waals surface area contributed by atoms with Crippen LogP contribution in [0, 0.1) is 0 Å². The van der Waals surface area contributed by atoms with Gasteiger partial charge in [-0.3, -0.25) is 4.79 Å². The molecule has 0 aliphatic heterocycles. The summed E-state index contributed by atoms with van der Waals surface area (Å²) >= 11 is 0. The number of carbonyl (C=O) groups is 1. The van der Waals surface area contributed by atoms with Crippen LogP contribution < -0.4 is 0 Å². The topological polar surface area (TPSA) is 40.5 Å². The van der Waals surface area contributed by atoms with Gasteiger partial charge >= 0.3 is 5.97 Å². The summed E-state index contributed by atoms with van der Waals surface area (Å²) in [6.07, 6.45) is 3.62. The molecule has 0 bridgehead atoms. The zero-order valence-electron chi connectivity index (χ0n) is 6.78. The van der Waals surface area contributed by atoms with E-state index in [1.807, 2.05) is 25.1 Å². The van der Waals surface area contributed by atoms with Crippen LogP contribution in [0.5, 0.6) is 0 Å². The molecule has 0 aromatic carbocycles. The van der Waals surface area contributed by atoms with Crippen LogP contribution in [-0.4, -0.2) is 36.6 Å². The summed E-state index contributed by atoms with van der Waals surface area (Å²) in [7, 11) is 3.87. The maximum Gasteiger partial charge on any atom is 0.307 e. The molecule has 0 unspecified atom stereocenters. The third-order valence-corrected chi connectivity index (χ3v) is 0.930. The third kappa shape index (κ3) is 12.6. The second kappa shape index (κ2) is 7.57. The van der Waals surface area contributed by atoms with Crippen molar-refractivity contribution < 1.29 is 9.90 Å². The average molecular weight is 180 g/mol. The summed E-state index contributed by atoms with van der Waals surface area (Å²) in [5.74, 6) is -0.782. The molecule has 0 aromatic heterocycles. The first-order chi connectivity index (χ1) is 4.63. The number of halogens is 1. The molecule has 0 aliphatic carbocycles. The van der Waals surface area contributed by atoms with Crippen molar-refractivity contribution in [3.8, 4) is 0 Å². The van der Waals surface area contributed by atoms with E-state index < -0.39 is 5.97 Å². The minimum atomic E-state index is -0.782. The summed E-state index contributed by atoms with van der Waals surface area (Å²) in [4.78, 5) is 11.9. The van der Waals surface area contributed by atoms with E-state index >= 15 is 0 Å². The monoisotopic (exact) mass is 179 g/mol. The Morgan fingerprint density at radius 3 is 2.36 bits per heavy atom. The van der Waals surface area contributed by atoms with Gasteiger partial charge in [-0.15, -0.1) is 12.4 Å². The van der Waals surface area contributed by atoms with Gasteiger partial charge in [0.15, 0.2) is 0 Å². The number of nitrogens with zero attached hydrogens (tertiary/aromatic N) is 1. The fraction of sp³-hybridized carbons (Fsp3) is 0.571. The minimum Gasteiger partial charge on any atom is -0.481 e. The first-order valence-corrected chi connectivity index (χ1v) is 3.14. The highest BCUT2D eigenvalue weighted by Crippen LogP contribution is 1.83. The van der Waals surface area contributed by atoms with Gasteiger partial charge in [-0.25, -0.2) is 0 Å². The Hall–Kier alpha value is -0.540. The van der Waals surface area contributed by atoms with Crippen LogP contribution in [0.4, 0.5) is 0 Å². The molecule has 66 valence electrons. The molecule has 0 radical (unpaired) electrons. The normalized spacial score (nSPS) is 10.1. The lowest BCUT2D eigenvalue weighted by Gasteiger charge is -2.02. The number of hydrogen-bond acceptors (Lipinski definition) is 2. The molecule has 3 nitrogen and oxygen atoms in total. The summed E-state index contributed by atoms with van der Waals surface area (Å²) in [5, 5.41) is 8.21. The van der Waals surface area contributed by atoms with Crippen LogP contribution in [0.1, 0.15) is 6.42 Å². The summed E-state index contributed by atoms with van der Waals surface area (Å²) in [6, 6.07) is 0. The van der Waals surface area contributed by atoms with Crippen molar-refractivity contribution in [3.63, 3.8) is 0 Å². The Morgan fingerprint density at radius 1 is 1.45 bits per heavy atom. The van der Waals surface area contributed by atoms with Gasteiger partial charge in [-0.05, 0) is 14.1 Å². The van der Waals surface area contributed by atoms with E-state index in [0.29, 0.717) is 0 Å². The smallest absolute Gasteiger partial charge is 0.307 e. The largest absolute Gasteiger partial charge is 0.481 e. The molecule has 0 saturated heterocycles. The summed E-state index contributed by atoms with van der Waals surface area (Å²) < 4.78 is 0. The number of rotatable bonds is 4. The van der Waals surface area contributed by atoms with Crippen LogP contribution in [0.15, 0.2) is 12.2 Å². The van der Waals surface area contributed by atoms with Gasteiger partial charge in [0.1, 0.15) is 0 Å². The zero-order chi connectivity index (χ0) is 7.98. The second-order valence-corrected chi connectivity index (χ2v) is 2.33. The predicted octanol–water partition coefficient (Wildman–Crippen LogP) is 1.00. The van der Waals surface area contributed by atoms with E-state index in [2.05, 4.69) is 0 Å². The Bertz CT molecular complexity index is 134. The molecular weight excluding hydrogens is 166 g/mol. The molecule has 0 rings (SSSR count). The lowest BCUT2D eigenvalue weighted by Crippen LogP contribution is -2.10. The van der Waals surface area contributed by atoms with Gasteiger partial charge in [0.2, 0.25) is 0 Å². The number of aliphatic carboxylic acids is 1. The molecule has 0 amide bonds. The molecule has 0 heterocycles. The predicted molar refractivity (Wildman–Crippen MR) is 47.2 cm³/mol. The molecule has 0 spiro atoms. The van der Waals surface area contributed by atoms with Crippen molar-refractivity contribution in [1.82, 2.24) is 4.90 Å². The number of hydrogen-bond donors (Lipinski definition) is 1. The molecule has 0 aliphatic rings. The van der Waals surface area contributed by atoms with Gasteiger partial charge in [0.25, 0.3) is 0 Å². The van der Waals surface area contributed by atoms with Crippen LogP contribution >= 0.6 is 12.4 Å². The SMILES string of the molecule is CN(C)C/C=C/CC(=O)O.Cl. The number of likely N-dealkylation sites (N-methyl/N-ethyl adjacent to an activating group) is 1. The molecule has 0 fully saturated rings. The minimum absolute atomic E-state index is 0. The summed E-state index contributed by atoms with van der Waals surface area (Å²) in [5.41, 5.74) is 0. The van der Waals surface area contributed by atoms with Crippen molar-refractivity contribution >= 4 is 18.4 Å². The van der Waals surface area contributed by atoms with Gasteiger partial charge in [0.05, 0.1) is 6.42 Å². The van der Waals surface area contributed by atoms with Crippen molar-refractivity contribution in [1.29, 1.82) is 0 Å². The lowest BCUT2D eigenvalue weighted by molar-refractivity contribution is -0.136. The van der Waals surface area contributed by atoms with E-state index in [9.17, 15) is 4.79 Å². The van der Waals surface area contributed by atoms with Crippen LogP contribution in [0.25, 0.3) is 0 Å². The maximum absolute atomic E-state index is 9.98. The Morgan fingerprint density at radius 2 is 2.00 bits per heavy atom. The van der Waals surface area contributed by atoms with E-state index in [0.717, 1.165) is 6.54 Å². The molecule has 11 heavy (non-hydrogen) atoms. The number of carboxylic acid groups (broad SMARTS) is 1. The molecule has 1 N–H and O–H groups in total. The lowest BCUT2D eigenvalue weighted by atomic mass is 10.4. The van der Waals surface area contributed by atoms with Gasteiger partial charge < -0.3 is 10.0 Å². The quantitative estimate of drug-likeness (QED) is 0.655. The van der Waals surface area contributed by atoms with E-state index in [1.54, 1.807) is 6.08 Å². The van der Waals surface area contributed by atoms with Gasteiger partial charge in [-0.2, -0.15) is 0 Å². The molecule has 4 heteroatoms. The number of carboxylic acids is 1. The zero-order valence-corrected chi connectivity index (χ0v) is 7.60. The molecular formula is C7H14ClNO2. The summed E-state index contributed by atoms with van der Waals surface area (Å²) in [6.45, 7) is 0.799. The first kappa shape index (κ1) is 13.1. The van der Waals surface area contributed by atoms with Crippen LogP contribution in [0.3, 0.4) is 0 Å². The first-order valence-electron chi connectivity index (χ1n) is 3.14. The highest BCUT2D eigenvalue weighted by atomic mass is 35.5. The van der Waals surface area contributed by atoms with Crippen molar-refractivity contribution in [2.75, 3.05) is 20.6 Å². The van der Waals surface area contributed by atoms with Crippen molar-refractivity contribution in [2.45, 2.75) is 6.42 Å². The standard InChI is InChI=1S/C7H13NO2.ClH/c1-8(2)6-4-3-5-7(9)10;/h3-4H,5-6H2,1-2H3,(H,9,10);1H/b4-3+;. The Kier molecular flexibility index (Phi) is 9.00. The molecule has 0 aromatic rings. The second-order valence-electron chi connectivity index (χ2n) is 2.33. The Labute approximate surface area is 73.1 Å². The van der Waals surface area contributed by atoms with Crippen LogP contribution in [0.2, 0.25) is 0 Å². The fourth-order valence-corrected chi connectivity index (χ4v) is 0.470. The van der Waals surface area contributed by atoms with Crippen molar-refractivity contribution in [3.05, 3.63) is 12.2 Å². The van der Waals surface area contributed by atoms with Gasteiger partial charge in [-0.1, -0.05) is 12.2 Å². The van der Waals surface area contributed by atoms with Crippen LogP contribution in [-0.2, 0) is 4.79 Å². The molecule has 0 atom stereocenters. The fourth-order valence-electron chi connectivity index (χ4n) is 0.470. The highest BCUT2D eigenvalue weighted by molar-refractivity contribution is 5.85. The van der Waals surface area contributed by atoms with Crippen molar-refractivity contribution in [2.24, 2.45) is 0 Å². The van der Waals surface area contributed by atoms with E-state index in [-0.39, 0.29) is 18.8 Å². The van der Waals surface area contributed by atoms with Gasteiger partial charge in [0, 0.05) is 6.54 Å². The average Bonchev–Trinajstić information content (AvgIpc) is 1.79. The molecule has 0 saturated carbocycles. The van der Waals surface area contributed by atoms with E-state index in [4.69, 9.17) is 5.11 Å². The Balaban J connectivity index is 0. The van der Waals surface area contributed by atoms with E-state index in [1.165, 1.54) is 0 Å². The maximum atomic E-state index is 9.98. The third-order valence-electron chi connectivity index (χ3n) is 0.930.